The first-order valence-corrected chi connectivity index (χ1v) is 3.94. The molecule has 0 aromatic rings. The second-order valence-electron chi connectivity index (χ2n) is 2.78. The van der Waals surface area contributed by atoms with E-state index in [1.54, 1.807) is 0 Å². The highest BCUT2D eigenvalue weighted by Gasteiger charge is 2.22. The van der Waals surface area contributed by atoms with Crippen molar-refractivity contribution in [2.24, 2.45) is 0 Å². The van der Waals surface area contributed by atoms with Gasteiger partial charge in [-0.15, -0.1) is 0 Å². The highest BCUT2D eigenvalue weighted by Crippen LogP contribution is 1.96. The van der Waals surface area contributed by atoms with E-state index in [9.17, 15) is 9.59 Å². The topological polar surface area (TPSA) is 115 Å². The molecule has 0 aliphatic carbocycles. The van der Waals surface area contributed by atoms with E-state index >= 15 is 0 Å². The van der Waals surface area contributed by atoms with Gasteiger partial charge in [0.15, 0.2) is 6.29 Å². The molecule has 0 aromatic heterocycles. The number of hydrogen-bond donors (Lipinski definition) is 4. The maximum atomic E-state index is 9.76. The van der Waals surface area contributed by atoms with Gasteiger partial charge in [0.05, 0.1) is 6.61 Å². The van der Waals surface area contributed by atoms with E-state index in [1.807, 2.05) is 0 Å². The molecule has 0 unspecified atom stereocenters. The first kappa shape index (κ1) is 15.6. The zero-order valence-corrected chi connectivity index (χ0v) is 8.12. The largest absolute Gasteiger partial charge is 0.394 e. The minimum Gasteiger partial charge on any atom is -0.394 e. The second-order valence-corrected chi connectivity index (χ2v) is 2.78. The van der Waals surface area contributed by atoms with E-state index in [-0.39, 0.29) is 12.1 Å². The number of Topliss-reactive ketones (excluding diaryl/α,β-unsaturated/α-hetero) is 1. The molecule has 0 radical (unpaired) electrons. The lowest BCUT2D eigenvalue weighted by Crippen LogP contribution is -2.40. The van der Waals surface area contributed by atoms with E-state index < -0.39 is 24.9 Å². The van der Waals surface area contributed by atoms with Crippen LogP contribution in [0.5, 0.6) is 0 Å². The van der Waals surface area contributed by atoms with Gasteiger partial charge in [-0.25, -0.2) is 0 Å². The van der Waals surface area contributed by atoms with Crippen LogP contribution < -0.4 is 0 Å². The monoisotopic (exact) mass is 208 g/mol. The first-order chi connectivity index (χ1) is 6.36. The molecule has 0 bridgehead atoms. The lowest BCUT2D eigenvalue weighted by molar-refractivity contribution is -0.127. The number of ketones is 1. The molecule has 6 nitrogen and oxygen atoms in total. The molecular formula is C8H16O6. The quantitative estimate of drug-likeness (QED) is 0.392. The Bertz CT molecular complexity index is 165. The summed E-state index contributed by atoms with van der Waals surface area (Å²) in [5, 5.41) is 34.1. The van der Waals surface area contributed by atoms with Gasteiger partial charge in [0.25, 0.3) is 0 Å². The molecule has 0 spiro atoms. The lowest BCUT2D eigenvalue weighted by atomic mass is 10.1. The summed E-state index contributed by atoms with van der Waals surface area (Å²) in [6, 6.07) is 0. The van der Waals surface area contributed by atoms with Crippen molar-refractivity contribution in [3.63, 3.8) is 0 Å². The Morgan fingerprint density at radius 3 is 1.86 bits per heavy atom. The molecule has 0 heterocycles. The van der Waals surface area contributed by atoms with Crippen molar-refractivity contribution < 1.29 is 30.0 Å². The van der Waals surface area contributed by atoms with Crippen LogP contribution in [0.3, 0.4) is 0 Å². The molecule has 3 atom stereocenters. The summed E-state index contributed by atoms with van der Waals surface area (Å²) in [7, 11) is 0. The van der Waals surface area contributed by atoms with Gasteiger partial charge in [0.1, 0.15) is 24.1 Å². The van der Waals surface area contributed by atoms with Gasteiger partial charge in [0.2, 0.25) is 0 Å². The third-order valence-electron chi connectivity index (χ3n) is 1.07. The van der Waals surface area contributed by atoms with Crippen LogP contribution in [0.1, 0.15) is 13.8 Å². The molecule has 84 valence electrons. The highest BCUT2D eigenvalue weighted by molar-refractivity contribution is 5.72. The lowest BCUT2D eigenvalue weighted by Gasteiger charge is -2.16. The van der Waals surface area contributed by atoms with Crippen LogP contribution in [0.4, 0.5) is 0 Å². The molecule has 0 fully saturated rings. The molecule has 0 aromatic carbocycles. The Kier molecular flexibility index (Phi) is 9.79. The maximum absolute atomic E-state index is 9.76. The molecule has 0 saturated heterocycles. The molecule has 14 heavy (non-hydrogen) atoms. The Morgan fingerprint density at radius 2 is 1.64 bits per heavy atom. The van der Waals surface area contributed by atoms with Gasteiger partial charge in [-0.3, -0.25) is 0 Å². The van der Waals surface area contributed by atoms with Gasteiger partial charge in [-0.05, 0) is 13.8 Å². The summed E-state index contributed by atoms with van der Waals surface area (Å²) in [5.74, 6) is 0.167. The number of carbonyl (C=O) groups excluding carboxylic acids is 2. The standard InChI is InChI=1S/C5H10O5.C3H6O/c6-1-3(8)5(10)4(9)2-7;1-3(2)4/h1,3-5,7-10H,2H2;1-2H3/t3-,4+,5+;/m0./s1. The zero-order chi connectivity index (χ0) is 11.7. The van der Waals surface area contributed by atoms with Crippen LogP contribution in [0, 0.1) is 0 Å². The summed E-state index contributed by atoms with van der Waals surface area (Å²) in [6.45, 7) is 2.37. The maximum Gasteiger partial charge on any atom is 0.151 e. The van der Waals surface area contributed by atoms with E-state index in [2.05, 4.69) is 0 Å². The van der Waals surface area contributed by atoms with Crippen molar-refractivity contribution in [3.05, 3.63) is 0 Å². The minimum atomic E-state index is -1.64. The molecule has 0 amide bonds. The Balaban J connectivity index is 0. The van der Waals surface area contributed by atoms with Crippen molar-refractivity contribution in [3.8, 4) is 0 Å². The zero-order valence-electron chi connectivity index (χ0n) is 8.12. The van der Waals surface area contributed by atoms with Crippen molar-refractivity contribution in [2.45, 2.75) is 32.2 Å². The summed E-state index contributed by atoms with van der Waals surface area (Å²) in [6.07, 6.45) is -4.63. The van der Waals surface area contributed by atoms with E-state index in [0.29, 0.717) is 0 Å². The molecule has 6 heteroatoms. The van der Waals surface area contributed by atoms with Gasteiger partial charge < -0.3 is 30.0 Å². The fourth-order valence-corrected chi connectivity index (χ4v) is 0.416. The average molecular weight is 208 g/mol. The van der Waals surface area contributed by atoms with Crippen molar-refractivity contribution in [2.75, 3.05) is 6.61 Å². The summed E-state index contributed by atoms with van der Waals surface area (Å²) >= 11 is 0. The van der Waals surface area contributed by atoms with Gasteiger partial charge in [-0.2, -0.15) is 0 Å². The molecule has 0 saturated carbocycles. The number of hydrogen-bond acceptors (Lipinski definition) is 6. The average Bonchev–Trinajstić information content (AvgIpc) is 2.13. The number of aldehydes is 1. The second kappa shape index (κ2) is 8.76. The van der Waals surface area contributed by atoms with Crippen molar-refractivity contribution in [1.29, 1.82) is 0 Å². The van der Waals surface area contributed by atoms with Crippen LogP contribution in [-0.4, -0.2) is 57.4 Å². The van der Waals surface area contributed by atoms with Gasteiger partial charge in [-0.1, -0.05) is 0 Å². The van der Waals surface area contributed by atoms with E-state index in [0.717, 1.165) is 0 Å². The van der Waals surface area contributed by atoms with E-state index in [1.165, 1.54) is 13.8 Å². The Labute approximate surface area is 81.8 Å². The molecule has 0 aliphatic heterocycles. The van der Waals surface area contributed by atoms with Crippen LogP contribution >= 0.6 is 0 Å². The molecular weight excluding hydrogens is 192 g/mol. The minimum absolute atomic E-state index is 0.0869. The highest BCUT2D eigenvalue weighted by atomic mass is 16.4. The fourth-order valence-electron chi connectivity index (χ4n) is 0.416. The van der Waals surface area contributed by atoms with Crippen LogP contribution in [0.15, 0.2) is 0 Å². The van der Waals surface area contributed by atoms with E-state index in [4.69, 9.17) is 20.4 Å². The third kappa shape index (κ3) is 9.27. The number of aliphatic hydroxyl groups is 4. The summed E-state index contributed by atoms with van der Waals surface area (Å²) in [4.78, 5) is 19.2. The SMILES string of the molecule is CC(C)=O.O=C[C@H](O)[C@@H](O)[C@H](O)CO. The van der Waals surface area contributed by atoms with Crippen LogP contribution in [-0.2, 0) is 9.59 Å². The summed E-state index contributed by atoms with van der Waals surface area (Å²) < 4.78 is 0. The number of rotatable bonds is 4. The molecule has 0 rings (SSSR count). The molecule has 0 aliphatic rings. The molecule has 4 N–H and O–H groups in total. The van der Waals surface area contributed by atoms with Gasteiger partial charge >= 0.3 is 0 Å². The number of carbonyl (C=O) groups is 2. The van der Waals surface area contributed by atoms with Crippen LogP contribution in [0.25, 0.3) is 0 Å². The Morgan fingerprint density at radius 1 is 1.29 bits per heavy atom. The van der Waals surface area contributed by atoms with Crippen molar-refractivity contribution >= 4 is 12.1 Å². The predicted molar refractivity (Wildman–Crippen MR) is 47.5 cm³/mol. The third-order valence-corrected chi connectivity index (χ3v) is 1.07. The first-order valence-electron chi connectivity index (χ1n) is 3.94. The normalized spacial score (nSPS) is 15.9. The fraction of sp³-hybridized carbons (Fsp3) is 0.750. The van der Waals surface area contributed by atoms with Crippen LogP contribution in [0.2, 0.25) is 0 Å². The Hall–Kier alpha value is -0.820. The smallest absolute Gasteiger partial charge is 0.151 e. The van der Waals surface area contributed by atoms with Crippen molar-refractivity contribution in [1.82, 2.24) is 0 Å². The number of aliphatic hydroxyl groups excluding tert-OH is 4. The summed E-state index contributed by atoms with van der Waals surface area (Å²) in [5.41, 5.74) is 0. The predicted octanol–water partition coefficient (Wildman–Crippen LogP) is -2.14. The van der Waals surface area contributed by atoms with Gasteiger partial charge in [0, 0.05) is 0 Å².